The maximum Gasteiger partial charge on any atom is 0.309 e. The fourth-order valence-corrected chi connectivity index (χ4v) is 2.60. The molecule has 1 saturated heterocycles. The number of nitrogens with zero attached hydrogens (tertiary/aromatic N) is 1. The molecule has 2 atom stereocenters. The summed E-state index contributed by atoms with van der Waals surface area (Å²) in [6.07, 6.45) is 0.0693. The van der Waals surface area contributed by atoms with Crippen molar-refractivity contribution in [3.8, 4) is 5.75 Å². The summed E-state index contributed by atoms with van der Waals surface area (Å²) in [5.74, 6) is -0.996. The van der Waals surface area contributed by atoms with Gasteiger partial charge in [0.15, 0.2) is 0 Å². The van der Waals surface area contributed by atoms with Crippen molar-refractivity contribution >= 4 is 11.9 Å². The normalized spacial score (nSPS) is 22.6. The van der Waals surface area contributed by atoms with Gasteiger partial charge < -0.3 is 14.7 Å². The summed E-state index contributed by atoms with van der Waals surface area (Å²) in [5.41, 5.74) is 0.834. The van der Waals surface area contributed by atoms with E-state index in [0.29, 0.717) is 12.3 Å². The maximum absolute atomic E-state index is 11.9. The predicted molar refractivity (Wildman–Crippen MR) is 68.9 cm³/mol. The number of aliphatic carboxylic acids is 1. The van der Waals surface area contributed by atoms with Crippen LogP contribution < -0.4 is 4.74 Å². The Kier molecular flexibility index (Phi) is 3.74. The molecule has 1 aliphatic rings. The molecule has 0 radical (unpaired) electrons. The van der Waals surface area contributed by atoms with Crippen LogP contribution in [0.5, 0.6) is 5.75 Å². The lowest BCUT2D eigenvalue weighted by Gasteiger charge is -2.26. The number of hydrogen-bond acceptors (Lipinski definition) is 3. The summed E-state index contributed by atoms with van der Waals surface area (Å²) < 4.78 is 5.08. The van der Waals surface area contributed by atoms with Crippen LogP contribution in [-0.2, 0) is 9.59 Å². The van der Waals surface area contributed by atoms with Gasteiger partial charge in [-0.2, -0.15) is 0 Å². The van der Waals surface area contributed by atoms with Gasteiger partial charge in [-0.05, 0) is 24.6 Å². The van der Waals surface area contributed by atoms with Crippen LogP contribution in [0.3, 0.4) is 0 Å². The molecule has 0 spiro atoms. The number of benzene rings is 1. The Labute approximate surface area is 111 Å². The van der Waals surface area contributed by atoms with Crippen molar-refractivity contribution in [3.05, 3.63) is 29.8 Å². The highest BCUT2D eigenvalue weighted by atomic mass is 16.5. The molecule has 1 heterocycles. The Morgan fingerprint density at radius 2 is 2.05 bits per heavy atom. The number of hydrogen-bond donors (Lipinski definition) is 1. The molecule has 0 bridgehead atoms. The molecule has 102 valence electrons. The number of carboxylic acid groups (broad SMARTS) is 1. The van der Waals surface area contributed by atoms with Gasteiger partial charge in [-0.25, -0.2) is 0 Å². The van der Waals surface area contributed by atoms with E-state index in [1.165, 1.54) is 0 Å². The zero-order valence-electron chi connectivity index (χ0n) is 11.0. The van der Waals surface area contributed by atoms with Gasteiger partial charge in [0, 0.05) is 13.0 Å². The van der Waals surface area contributed by atoms with Crippen LogP contribution in [0.1, 0.15) is 24.9 Å². The van der Waals surface area contributed by atoms with Gasteiger partial charge in [0.1, 0.15) is 5.75 Å². The zero-order valence-corrected chi connectivity index (χ0v) is 11.0. The molecule has 2 rings (SSSR count). The number of methoxy groups -OCH3 is 1. The molecule has 1 aliphatic heterocycles. The third kappa shape index (κ3) is 2.41. The second kappa shape index (κ2) is 5.30. The topological polar surface area (TPSA) is 66.8 Å². The first-order valence-electron chi connectivity index (χ1n) is 6.24. The maximum atomic E-state index is 11.9. The summed E-state index contributed by atoms with van der Waals surface area (Å²) >= 11 is 0. The minimum Gasteiger partial charge on any atom is -0.497 e. The number of ether oxygens (including phenoxy) is 1. The minimum absolute atomic E-state index is 0.0693. The smallest absolute Gasteiger partial charge is 0.309 e. The predicted octanol–water partition coefficient (Wildman–Crippen LogP) is 1.69. The van der Waals surface area contributed by atoms with E-state index in [4.69, 9.17) is 4.74 Å². The third-order valence-electron chi connectivity index (χ3n) is 3.55. The monoisotopic (exact) mass is 263 g/mol. The Bertz CT molecular complexity index is 483. The van der Waals surface area contributed by atoms with Gasteiger partial charge in [-0.3, -0.25) is 9.59 Å². The minimum atomic E-state index is -0.926. The van der Waals surface area contributed by atoms with Crippen molar-refractivity contribution in [1.82, 2.24) is 4.90 Å². The molecular weight excluding hydrogens is 246 g/mol. The standard InChI is InChI=1S/C14H17NO4/c1-3-15-12(16)8-11(14(17)18)13(15)9-4-6-10(19-2)7-5-9/h4-7,11,13H,3,8H2,1-2H3,(H,17,18)/t11-,13+/m0/s1. The molecule has 1 amide bonds. The van der Waals surface area contributed by atoms with Crippen LogP contribution in [0.2, 0.25) is 0 Å². The quantitative estimate of drug-likeness (QED) is 0.897. The Morgan fingerprint density at radius 1 is 1.42 bits per heavy atom. The van der Waals surface area contributed by atoms with Crippen molar-refractivity contribution in [1.29, 1.82) is 0 Å². The zero-order chi connectivity index (χ0) is 14.0. The van der Waals surface area contributed by atoms with Crippen LogP contribution in [-0.4, -0.2) is 35.5 Å². The van der Waals surface area contributed by atoms with Crippen LogP contribution in [0.4, 0.5) is 0 Å². The number of carbonyl (C=O) groups excluding carboxylic acids is 1. The van der Waals surface area contributed by atoms with Crippen LogP contribution >= 0.6 is 0 Å². The molecule has 1 N–H and O–H groups in total. The molecule has 1 aromatic carbocycles. The van der Waals surface area contributed by atoms with Crippen LogP contribution in [0.15, 0.2) is 24.3 Å². The van der Waals surface area contributed by atoms with E-state index in [2.05, 4.69) is 0 Å². The molecule has 1 fully saturated rings. The molecule has 0 unspecified atom stereocenters. The van der Waals surface area contributed by atoms with Gasteiger partial charge in [-0.1, -0.05) is 12.1 Å². The number of carbonyl (C=O) groups is 2. The Balaban J connectivity index is 2.36. The number of amides is 1. The second-order valence-corrected chi connectivity index (χ2v) is 4.55. The fourth-order valence-electron chi connectivity index (χ4n) is 2.60. The molecular formula is C14H17NO4. The lowest BCUT2D eigenvalue weighted by atomic mass is 9.93. The van der Waals surface area contributed by atoms with Crippen LogP contribution in [0.25, 0.3) is 0 Å². The molecule has 5 heteroatoms. The van der Waals surface area contributed by atoms with E-state index in [9.17, 15) is 14.7 Å². The van der Waals surface area contributed by atoms with Crippen molar-refractivity contribution in [3.63, 3.8) is 0 Å². The largest absolute Gasteiger partial charge is 0.497 e. The number of rotatable bonds is 4. The number of carboxylic acids is 1. The summed E-state index contributed by atoms with van der Waals surface area (Å²) in [4.78, 5) is 24.8. The van der Waals surface area contributed by atoms with E-state index >= 15 is 0 Å². The van der Waals surface area contributed by atoms with Gasteiger partial charge >= 0.3 is 5.97 Å². The fraction of sp³-hybridized carbons (Fsp3) is 0.429. The second-order valence-electron chi connectivity index (χ2n) is 4.55. The Hall–Kier alpha value is -2.04. The van der Waals surface area contributed by atoms with Crippen molar-refractivity contribution in [2.45, 2.75) is 19.4 Å². The van der Waals surface area contributed by atoms with Gasteiger partial charge in [0.25, 0.3) is 0 Å². The number of likely N-dealkylation sites (tertiary alicyclic amines) is 1. The third-order valence-corrected chi connectivity index (χ3v) is 3.55. The molecule has 0 saturated carbocycles. The Morgan fingerprint density at radius 3 is 2.53 bits per heavy atom. The molecule has 0 aliphatic carbocycles. The van der Waals surface area contributed by atoms with Gasteiger partial charge in [-0.15, -0.1) is 0 Å². The van der Waals surface area contributed by atoms with E-state index in [1.54, 1.807) is 24.1 Å². The molecule has 5 nitrogen and oxygen atoms in total. The van der Waals surface area contributed by atoms with Crippen molar-refractivity contribution < 1.29 is 19.4 Å². The highest BCUT2D eigenvalue weighted by Gasteiger charge is 2.43. The molecule has 19 heavy (non-hydrogen) atoms. The summed E-state index contributed by atoms with van der Waals surface area (Å²) in [7, 11) is 1.58. The molecule has 0 aromatic heterocycles. The summed E-state index contributed by atoms with van der Waals surface area (Å²) in [5, 5.41) is 9.27. The average molecular weight is 263 g/mol. The van der Waals surface area contributed by atoms with E-state index < -0.39 is 11.9 Å². The van der Waals surface area contributed by atoms with Crippen LogP contribution in [0, 0.1) is 5.92 Å². The van der Waals surface area contributed by atoms with Crippen molar-refractivity contribution in [2.75, 3.05) is 13.7 Å². The lowest BCUT2D eigenvalue weighted by Crippen LogP contribution is -2.30. The summed E-state index contributed by atoms with van der Waals surface area (Å²) in [6.45, 7) is 2.37. The molecule has 1 aromatic rings. The first-order chi connectivity index (χ1) is 9.08. The summed E-state index contributed by atoms with van der Waals surface area (Å²) in [6, 6.07) is 6.82. The first-order valence-corrected chi connectivity index (χ1v) is 6.24. The highest BCUT2D eigenvalue weighted by molar-refractivity contribution is 5.87. The van der Waals surface area contributed by atoms with E-state index in [1.807, 2.05) is 19.1 Å². The van der Waals surface area contributed by atoms with Crippen molar-refractivity contribution in [2.24, 2.45) is 5.92 Å². The van der Waals surface area contributed by atoms with Gasteiger partial charge in [0.2, 0.25) is 5.91 Å². The lowest BCUT2D eigenvalue weighted by molar-refractivity contribution is -0.142. The highest BCUT2D eigenvalue weighted by Crippen LogP contribution is 2.38. The first kappa shape index (κ1) is 13.4. The van der Waals surface area contributed by atoms with E-state index in [0.717, 1.165) is 5.56 Å². The SMILES string of the molecule is CCN1C(=O)C[C@H](C(=O)O)[C@H]1c1ccc(OC)cc1. The van der Waals surface area contributed by atoms with Gasteiger partial charge in [0.05, 0.1) is 19.1 Å². The average Bonchev–Trinajstić information content (AvgIpc) is 2.76. The van der Waals surface area contributed by atoms with E-state index in [-0.39, 0.29) is 18.4 Å².